The lowest BCUT2D eigenvalue weighted by Crippen LogP contribution is -2.16. The van der Waals surface area contributed by atoms with Crippen molar-refractivity contribution in [3.05, 3.63) is 82.6 Å². The van der Waals surface area contributed by atoms with Gasteiger partial charge in [-0.15, -0.1) is 10.2 Å². The van der Waals surface area contributed by atoms with E-state index in [-0.39, 0.29) is 5.75 Å². The van der Waals surface area contributed by atoms with E-state index in [4.69, 9.17) is 23.2 Å². The molecule has 6 nitrogen and oxygen atoms in total. The molecule has 0 atom stereocenters. The summed E-state index contributed by atoms with van der Waals surface area (Å²) in [6.07, 6.45) is 3.26. The van der Waals surface area contributed by atoms with Crippen LogP contribution in [0.5, 0.6) is 0 Å². The third kappa shape index (κ3) is 4.74. The number of nitrogens with one attached hydrogen (secondary N) is 1. The van der Waals surface area contributed by atoms with E-state index in [1.807, 2.05) is 6.07 Å². The first-order valence-electron chi connectivity index (χ1n) is 9.12. The molecule has 0 unspecified atom stereocenters. The number of nitrogens with zero attached hydrogens (tertiary/aromatic N) is 4. The summed E-state index contributed by atoms with van der Waals surface area (Å²) in [5.41, 5.74) is 0.808. The average Bonchev–Trinajstić information content (AvgIpc) is 3.21. The first kappa shape index (κ1) is 22.2. The summed E-state index contributed by atoms with van der Waals surface area (Å²) in [4.78, 5) is 16.4. The molecule has 2 aromatic carbocycles. The summed E-state index contributed by atoms with van der Waals surface area (Å²) < 4.78 is 29.3. The molecule has 0 radical (unpaired) electrons. The Balaban J connectivity index is 1.63. The fourth-order valence-electron chi connectivity index (χ4n) is 2.83. The van der Waals surface area contributed by atoms with Gasteiger partial charge >= 0.3 is 0 Å². The Bertz CT molecular complexity index is 1270. The van der Waals surface area contributed by atoms with Crippen molar-refractivity contribution in [2.24, 2.45) is 0 Å². The number of carbonyl (C=O) groups excluding carboxylic acids is 1. The predicted octanol–water partition coefficient (Wildman–Crippen LogP) is 5.65. The van der Waals surface area contributed by atoms with Crippen LogP contribution in [0.25, 0.3) is 17.1 Å². The largest absolute Gasteiger partial charge is 0.320 e. The zero-order valence-corrected chi connectivity index (χ0v) is 18.4. The van der Waals surface area contributed by atoms with Gasteiger partial charge in [0.05, 0.1) is 21.5 Å². The number of para-hydroxylation sites is 1. The standard InChI is InChI=1S/C21H13Cl2F2N5OS/c22-14-7-6-13(9-15(14)23)30-20(12-3-2-8-26-10-12)28-29-21(30)32-11-18(31)27-19-16(24)4-1-5-17(19)25/h1-10H,11H2,(H,27,31). The Morgan fingerprint density at radius 2 is 1.81 bits per heavy atom. The third-order valence-corrected chi connectivity index (χ3v) is 5.94. The number of amides is 1. The van der Waals surface area contributed by atoms with Gasteiger partial charge in [-0.25, -0.2) is 8.78 Å². The Hall–Kier alpha value is -3.01. The minimum atomic E-state index is -0.860. The molecule has 0 aliphatic carbocycles. The number of aromatic nitrogens is 4. The van der Waals surface area contributed by atoms with Crippen molar-refractivity contribution in [3.63, 3.8) is 0 Å². The molecule has 0 saturated carbocycles. The Morgan fingerprint density at radius 1 is 1.03 bits per heavy atom. The van der Waals surface area contributed by atoms with E-state index in [0.29, 0.717) is 32.3 Å². The first-order chi connectivity index (χ1) is 15.4. The number of pyridine rings is 1. The Morgan fingerprint density at radius 3 is 2.50 bits per heavy atom. The second kappa shape index (κ2) is 9.64. The fraction of sp³-hybridized carbons (Fsp3) is 0.0476. The van der Waals surface area contributed by atoms with E-state index < -0.39 is 23.2 Å². The molecule has 32 heavy (non-hydrogen) atoms. The summed E-state index contributed by atoms with van der Waals surface area (Å²) in [6.45, 7) is 0. The number of anilines is 1. The van der Waals surface area contributed by atoms with E-state index in [9.17, 15) is 13.6 Å². The maximum Gasteiger partial charge on any atom is 0.235 e. The van der Waals surface area contributed by atoms with Crippen LogP contribution in [0.1, 0.15) is 0 Å². The molecule has 0 saturated heterocycles. The molecule has 0 bridgehead atoms. The monoisotopic (exact) mass is 491 g/mol. The van der Waals surface area contributed by atoms with Crippen molar-refractivity contribution in [3.8, 4) is 17.1 Å². The normalized spacial score (nSPS) is 10.9. The molecule has 1 amide bonds. The van der Waals surface area contributed by atoms with Crippen molar-refractivity contribution in [2.45, 2.75) is 5.16 Å². The third-order valence-electron chi connectivity index (χ3n) is 4.27. The van der Waals surface area contributed by atoms with Gasteiger partial charge in [0.1, 0.15) is 17.3 Å². The van der Waals surface area contributed by atoms with Crippen LogP contribution in [0.4, 0.5) is 14.5 Å². The molecule has 0 spiro atoms. The molecule has 4 rings (SSSR count). The topological polar surface area (TPSA) is 72.7 Å². The number of hydrogen-bond donors (Lipinski definition) is 1. The minimum Gasteiger partial charge on any atom is -0.320 e. The Labute approximate surface area is 195 Å². The highest BCUT2D eigenvalue weighted by molar-refractivity contribution is 7.99. The molecule has 1 N–H and O–H groups in total. The van der Waals surface area contributed by atoms with E-state index in [2.05, 4.69) is 20.5 Å². The number of benzene rings is 2. The molecule has 0 fully saturated rings. The first-order valence-corrected chi connectivity index (χ1v) is 10.9. The molecule has 4 aromatic rings. The summed E-state index contributed by atoms with van der Waals surface area (Å²) >= 11 is 13.3. The molecule has 2 aromatic heterocycles. The lowest BCUT2D eigenvalue weighted by Gasteiger charge is -2.11. The fourth-order valence-corrected chi connectivity index (χ4v) is 3.87. The number of rotatable bonds is 6. The van der Waals surface area contributed by atoms with Gasteiger partial charge in [0, 0.05) is 18.0 Å². The average molecular weight is 492 g/mol. The zero-order chi connectivity index (χ0) is 22.7. The summed E-state index contributed by atoms with van der Waals surface area (Å²) in [5, 5.41) is 11.7. The van der Waals surface area contributed by atoms with Gasteiger partial charge in [-0.05, 0) is 42.5 Å². The molecule has 11 heteroatoms. The van der Waals surface area contributed by atoms with Crippen molar-refractivity contribution < 1.29 is 13.6 Å². The van der Waals surface area contributed by atoms with Crippen LogP contribution in [-0.4, -0.2) is 31.4 Å². The molecule has 162 valence electrons. The van der Waals surface area contributed by atoms with Gasteiger partial charge in [0.15, 0.2) is 11.0 Å². The minimum absolute atomic E-state index is 0.166. The molecule has 0 aliphatic rings. The maximum absolute atomic E-state index is 13.8. The van der Waals surface area contributed by atoms with Gasteiger partial charge in [-0.2, -0.15) is 0 Å². The van der Waals surface area contributed by atoms with Crippen LogP contribution in [0.3, 0.4) is 0 Å². The van der Waals surface area contributed by atoms with E-state index in [0.717, 1.165) is 23.9 Å². The van der Waals surface area contributed by atoms with E-state index >= 15 is 0 Å². The number of halogens is 4. The van der Waals surface area contributed by atoms with Crippen LogP contribution in [0, 0.1) is 11.6 Å². The quantitative estimate of drug-likeness (QED) is 0.353. The van der Waals surface area contributed by atoms with Crippen molar-refractivity contribution in [1.29, 1.82) is 0 Å². The highest BCUT2D eigenvalue weighted by atomic mass is 35.5. The molecular weight excluding hydrogens is 479 g/mol. The number of thioether (sulfide) groups is 1. The molecular formula is C21H13Cl2F2N5OS. The van der Waals surface area contributed by atoms with Crippen LogP contribution in [0.2, 0.25) is 10.0 Å². The van der Waals surface area contributed by atoms with Gasteiger partial charge in [0.2, 0.25) is 5.91 Å². The van der Waals surface area contributed by atoms with Crippen molar-refractivity contribution in [1.82, 2.24) is 19.7 Å². The lowest BCUT2D eigenvalue weighted by atomic mass is 10.2. The second-order valence-electron chi connectivity index (χ2n) is 6.42. The van der Waals surface area contributed by atoms with E-state index in [1.165, 1.54) is 6.07 Å². The van der Waals surface area contributed by atoms with Gasteiger partial charge in [0.25, 0.3) is 0 Å². The van der Waals surface area contributed by atoms with Crippen molar-refractivity contribution in [2.75, 3.05) is 11.1 Å². The van der Waals surface area contributed by atoms with Gasteiger partial charge in [-0.1, -0.05) is 41.0 Å². The Kier molecular flexibility index (Phi) is 6.69. The highest BCUT2D eigenvalue weighted by Crippen LogP contribution is 2.31. The maximum atomic E-state index is 13.8. The second-order valence-corrected chi connectivity index (χ2v) is 8.17. The highest BCUT2D eigenvalue weighted by Gasteiger charge is 2.19. The predicted molar refractivity (Wildman–Crippen MR) is 120 cm³/mol. The van der Waals surface area contributed by atoms with Crippen LogP contribution in [0.15, 0.2) is 66.1 Å². The summed E-state index contributed by atoms with van der Waals surface area (Å²) in [6, 6.07) is 11.9. The van der Waals surface area contributed by atoms with Gasteiger partial charge in [-0.3, -0.25) is 14.3 Å². The molecule has 2 heterocycles. The summed E-state index contributed by atoms with van der Waals surface area (Å²) in [5.74, 6) is -2.02. The van der Waals surface area contributed by atoms with Crippen LogP contribution in [-0.2, 0) is 4.79 Å². The number of carbonyl (C=O) groups is 1. The smallest absolute Gasteiger partial charge is 0.235 e. The molecule has 0 aliphatic heterocycles. The van der Waals surface area contributed by atoms with Crippen molar-refractivity contribution >= 4 is 46.6 Å². The van der Waals surface area contributed by atoms with Crippen LogP contribution >= 0.6 is 35.0 Å². The lowest BCUT2D eigenvalue weighted by molar-refractivity contribution is -0.113. The van der Waals surface area contributed by atoms with E-state index in [1.54, 1.807) is 41.2 Å². The van der Waals surface area contributed by atoms with Gasteiger partial charge < -0.3 is 5.32 Å². The number of hydrogen-bond acceptors (Lipinski definition) is 5. The SMILES string of the molecule is O=C(CSc1nnc(-c2cccnc2)n1-c1ccc(Cl)c(Cl)c1)Nc1c(F)cccc1F. The van der Waals surface area contributed by atoms with Crippen LogP contribution < -0.4 is 5.32 Å². The zero-order valence-electron chi connectivity index (χ0n) is 16.1. The summed E-state index contributed by atoms with van der Waals surface area (Å²) in [7, 11) is 0.